The van der Waals surface area contributed by atoms with E-state index in [4.69, 9.17) is 0 Å². The Morgan fingerprint density at radius 2 is 1.44 bits per heavy atom. The smallest absolute Gasteiger partial charge is 0.289 e. The number of fused-ring (bicyclic) bond motifs is 1. The van der Waals surface area contributed by atoms with Crippen LogP contribution in [0.5, 0.6) is 0 Å². The number of hydrogen-bond acceptors (Lipinski definition) is 4. The molecule has 4 rings (SSSR count). The maximum absolute atomic E-state index is 13.1. The van der Waals surface area contributed by atoms with Crippen molar-refractivity contribution >= 4 is 18.2 Å². The lowest BCUT2D eigenvalue weighted by molar-refractivity contribution is -0.119. The molecule has 4 heterocycles. The summed E-state index contributed by atoms with van der Waals surface area (Å²) in [5.41, 5.74) is 1.35. The van der Waals surface area contributed by atoms with E-state index in [-0.39, 0.29) is 11.8 Å². The van der Waals surface area contributed by atoms with Crippen LogP contribution in [0, 0.1) is 0 Å². The molecular formula is C19H27N5O3. The molecule has 8 nitrogen and oxygen atoms in total. The number of piperazine rings is 1. The van der Waals surface area contributed by atoms with Crippen molar-refractivity contribution in [2.75, 3.05) is 39.3 Å². The second-order valence-corrected chi connectivity index (χ2v) is 7.63. The molecule has 3 amide bonds. The summed E-state index contributed by atoms with van der Waals surface area (Å²) in [4.78, 5) is 46.9. The first kappa shape index (κ1) is 18.0. The zero-order valence-corrected chi connectivity index (χ0v) is 15.7. The van der Waals surface area contributed by atoms with E-state index in [1.807, 2.05) is 9.47 Å². The van der Waals surface area contributed by atoms with Crippen molar-refractivity contribution in [3.63, 3.8) is 0 Å². The van der Waals surface area contributed by atoms with Crippen molar-refractivity contribution in [3.05, 3.63) is 17.2 Å². The highest BCUT2D eigenvalue weighted by molar-refractivity contribution is 5.97. The average molecular weight is 373 g/mol. The van der Waals surface area contributed by atoms with Crippen molar-refractivity contribution in [2.45, 2.75) is 45.1 Å². The standard InChI is InChI=1S/C19H27N5O3/c25-14-21-10-12-23(13-11-21)18(26)16-15-6-2-5-9-24(15)17(20-16)19(27)22-7-3-1-4-8-22/h14H,1-13H2. The SMILES string of the molecule is O=CN1CCN(C(=O)c2nc(C(=O)N3CCCCC3)n3c2CCCC3)CC1. The summed E-state index contributed by atoms with van der Waals surface area (Å²) in [7, 11) is 0. The molecule has 0 radical (unpaired) electrons. The highest BCUT2D eigenvalue weighted by Gasteiger charge is 2.32. The van der Waals surface area contributed by atoms with E-state index in [1.165, 1.54) is 6.42 Å². The van der Waals surface area contributed by atoms with Crippen LogP contribution < -0.4 is 0 Å². The van der Waals surface area contributed by atoms with Crippen LogP contribution in [-0.2, 0) is 17.8 Å². The third-order valence-electron chi connectivity index (χ3n) is 5.91. The molecule has 0 N–H and O–H groups in total. The third-order valence-corrected chi connectivity index (χ3v) is 5.91. The maximum Gasteiger partial charge on any atom is 0.289 e. The Hall–Kier alpha value is -2.38. The molecule has 0 aliphatic carbocycles. The van der Waals surface area contributed by atoms with Crippen LogP contribution in [0.2, 0.25) is 0 Å². The zero-order valence-electron chi connectivity index (χ0n) is 15.7. The quantitative estimate of drug-likeness (QED) is 0.733. The predicted molar refractivity (Wildman–Crippen MR) is 98.5 cm³/mol. The van der Waals surface area contributed by atoms with Gasteiger partial charge in [-0.3, -0.25) is 14.4 Å². The second-order valence-electron chi connectivity index (χ2n) is 7.63. The first-order chi connectivity index (χ1) is 13.2. The van der Waals surface area contributed by atoms with Gasteiger partial charge in [-0.15, -0.1) is 0 Å². The van der Waals surface area contributed by atoms with Gasteiger partial charge in [-0.2, -0.15) is 0 Å². The molecular weight excluding hydrogens is 346 g/mol. The number of rotatable bonds is 3. The Morgan fingerprint density at radius 3 is 2.15 bits per heavy atom. The highest BCUT2D eigenvalue weighted by Crippen LogP contribution is 2.24. The fourth-order valence-corrected chi connectivity index (χ4v) is 4.30. The minimum Gasteiger partial charge on any atom is -0.342 e. The summed E-state index contributed by atoms with van der Waals surface area (Å²) in [6, 6.07) is 0. The van der Waals surface area contributed by atoms with Crippen LogP contribution in [0.3, 0.4) is 0 Å². The van der Waals surface area contributed by atoms with Gasteiger partial charge in [-0.1, -0.05) is 0 Å². The summed E-state index contributed by atoms with van der Waals surface area (Å²) in [6.45, 7) is 4.42. The van der Waals surface area contributed by atoms with E-state index in [1.54, 1.807) is 9.80 Å². The van der Waals surface area contributed by atoms with Gasteiger partial charge in [0.1, 0.15) is 5.69 Å². The Balaban J connectivity index is 1.59. The number of aromatic nitrogens is 2. The number of carbonyl (C=O) groups is 3. The lowest BCUT2D eigenvalue weighted by Crippen LogP contribution is -2.48. The monoisotopic (exact) mass is 373 g/mol. The fraction of sp³-hybridized carbons (Fsp3) is 0.684. The van der Waals surface area contributed by atoms with E-state index in [9.17, 15) is 14.4 Å². The van der Waals surface area contributed by atoms with Gasteiger partial charge in [-0.05, 0) is 38.5 Å². The number of amides is 3. The van der Waals surface area contributed by atoms with Crippen LogP contribution in [0.4, 0.5) is 0 Å². The molecule has 3 aliphatic heterocycles. The lowest BCUT2D eigenvalue weighted by atomic mass is 10.1. The Bertz CT molecular complexity index is 730. The number of likely N-dealkylation sites (tertiary alicyclic amines) is 1. The van der Waals surface area contributed by atoms with Crippen LogP contribution in [0.15, 0.2) is 0 Å². The van der Waals surface area contributed by atoms with Crippen molar-refractivity contribution in [1.82, 2.24) is 24.3 Å². The molecule has 1 aromatic heterocycles. The molecule has 0 bridgehead atoms. The Morgan fingerprint density at radius 1 is 0.778 bits per heavy atom. The van der Waals surface area contributed by atoms with Gasteiger partial charge in [0, 0.05) is 45.8 Å². The van der Waals surface area contributed by atoms with Gasteiger partial charge in [-0.25, -0.2) is 4.98 Å². The third kappa shape index (κ3) is 3.44. The molecule has 0 unspecified atom stereocenters. The molecule has 2 saturated heterocycles. The van der Waals surface area contributed by atoms with Gasteiger partial charge < -0.3 is 19.3 Å². The molecule has 3 aliphatic rings. The lowest BCUT2D eigenvalue weighted by Gasteiger charge is -2.32. The number of carbonyl (C=O) groups excluding carboxylic acids is 3. The van der Waals surface area contributed by atoms with E-state index in [2.05, 4.69) is 4.98 Å². The van der Waals surface area contributed by atoms with E-state index < -0.39 is 0 Å². The normalized spacial score (nSPS) is 20.4. The molecule has 27 heavy (non-hydrogen) atoms. The number of hydrogen-bond donors (Lipinski definition) is 0. The molecule has 0 atom stereocenters. The summed E-state index contributed by atoms with van der Waals surface area (Å²) in [5.74, 6) is 0.285. The first-order valence-electron chi connectivity index (χ1n) is 10.1. The molecule has 2 fully saturated rings. The molecule has 0 aromatic carbocycles. The maximum atomic E-state index is 13.1. The van der Waals surface area contributed by atoms with Gasteiger partial charge >= 0.3 is 0 Å². The summed E-state index contributed by atoms with van der Waals surface area (Å²) in [6.07, 6.45) is 6.88. The van der Waals surface area contributed by atoms with Crippen molar-refractivity contribution in [3.8, 4) is 0 Å². The minimum atomic E-state index is -0.108. The van der Waals surface area contributed by atoms with E-state index in [0.717, 1.165) is 63.8 Å². The first-order valence-corrected chi connectivity index (χ1v) is 10.1. The van der Waals surface area contributed by atoms with Gasteiger partial charge in [0.2, 0.25) is 6.41 Å². The molecule has 0 spiro atoms. The number of piperidine rings is 1. The Kier molecular flexibility index (Phi) is 5.13. The average Bonchev–Trinajstić information content (AvgIpc) is 3.13. The number of imidazole rings is 1. The highest BCUT2D eigenvalue weighted by atomic mass is 16.2. The zero-order chi connectivity index (χ0) is 18.8. The van der Waals surface area contributed by atoms with E-state index in [0.29, 0.717) is 37.7 Å². The van der Waals surface area contributed by atoms with Crippen LogP contribution in [-0.4, -0.2) is 81.7 Å². The molecule has 146 valence electrons. The minimum absolute atomic E-state index is 0.0392. The summed E-state index contributed by atoms with van der Waals surface area (Å²) < 4.78 is 1.98. The van der Waals surface area contributed by atoms with Crippen LogP contribution >= 0.6 is 0 Å². The van der Waals surface area contributed by atoms with E-state index >= 15 is 0 Å². The largest absolute Gasteiger partial charge is 0.342 e. The van der Waals surface area contributed by atoms with Gasteiger partial charge in [0.15, 0.2) is 5.82 Å². The van der Waals surface area contributed by atoms with Gasteiger partial charge in [0.05, 0.1) is 5.69 Å². The van der Waals surface area contributed by atoms with Crippen LogP contribution in [0.25, 0.3) is 0 Å². The number of nitrogens with zero attached hydrogens (tertiary/aromatic N) is 5. The summed E-state index contributed by atoms with van der Waals surface area (Å²) >= 11 is 0. The Labute approximate surface area is 159 Å². The van der Waals surface area contributed by atoms with Crippen molar-refractivity contribution < 1.29 is 14.4 Å². The fourth-order valence-electron chi connectivity index (χ4n) is 4.30. The van der Waals surface area contributed by atoms with Crippen LogP contribution in [0.1, 0.15) is 58.9 Å². The van der Waals surface area contributed by atoms with Gasteiger partial charge in [0.25, 0.3) is 11.8 Å². The molecule has 8 heteroatoms. The topological polar surface area (TPSA) is 78.8 Å². The summed E-state index contributed by atoms with van der Waals surface area (Å²) in [5, 5.41) is 0. The second kappa shape index (κ2) is 7.70. The molecule has 1 aromatic rings. The van der Waals surface area contributed by atoms with Crippen molar-refractivity contribution in [2.24, 2.45) is 0 Å². The van der Waals surface area contributed by atoms with Crippen molar-refractivity contribution in [1.29, 1.82) is 0 Å². The molecule has 0 saturated carbocycles. The predicted octanol–water partition coefficient (Wildman–Crippen LogP) is 0.760.